The standard InChI is InChI=1S/C14H26O/c1-5-6-12(4)14(15)13-8-10(2)7-11(3)9-13/h7,10,12-15H,5-6,8-9H2,1-4H3. The molecular weight excluding hydrogens is 184 g/mol. The minimum Gasteiger partial charge on any atom is -0.393 e. The van der Waals surface area contributed by atoms with Crippen LogP contribution >= 0.6 is 0 Å². The van der Waals surface area contributed by atoms with Crippen LogP contribution in [0, 0.1) is 17.8 Å². The zero-order valence-corrected chi connectivity index (χ0v) is 10.7. The highest BCUT2D eigenvalue weighted by atomic mass is 16.3. The van der Waals surface area contributed by atoms with E-state index in [1.807, 2.05) is 0 Å². The van der Waals surface area contributed by atoms with Crippen LogP contribution in [0.4, 0.5) is 0 Å². The third-order valence-electron chi connectivity index (χ3n) is 3.64. The number of hydrogen-bond donors (Lipinski definition) is 1. The molecule has 4 atom stereocenters. The van der Waals surface area contributed by atoms with Gasteiger partial charge in [-0.15, -0.1) is 0 Å². The van der Waals surface area contributed by atoms with Gasteiger partial charge in [-0.05, 0) is 43.9 Å². The molecule has 0 saturated heterocycles. The summed E-state index contributed by atoms with van der Waals surface area (Å²) in [6, 6.07) is 0. The molecule has 88 valence electrons. The molecule has 0 spiro atoms. The van der Waals surface area contributed by atoms with E-state index in [9.17, 15) is 5.11 Å². The molecule has 4 unspecified atom stereocenters. The zero-order valence-electron chi connectivity index (χ0n) is 10.7. The third kappa shape index (κ3) is 3.64. The van der Waals surface area contributed by atoms with Crippen LogP contribution in [-0.2, 0) is 0 Å². The van der Waals surface area contributed by atoms with Crippen molar-refractivity contribution >= 4 is 0 Å². The minimum absolute atomic E-state index is 0.101. The molecule has 1 nitrogen and oxygen atoms in total. The fraction of sp³-hybridized carbons (Fsp3) is 0.857. The summed E-state index contributed by atoms with van der Waals surface area (Å²) in [4.78, 5) is 0. The maximum atomic E-state index is 10.3. The van der Waals surface area contributed by atoms with Gasteiger partial charge in [-0.25, -0.2) is 0 Å². The second-order valence-corrected chi connectivity index (χ2v) is 5.45. The molecule has 1 N–H and O–H groups in total. The van der Waals surface area contributed by atoms with Gasteiger partial charge in [0.2, 0.25) is 0 Å². The van der Waals surface area contributed by atoms with E-state index in [4.69, 9.17) is 0 Å². The van der Waals surface area contributed by atoms with Crippen LogP contribution in [0.2, 0.25) is 0 Å². The van der Waals surface area contributed by atoms with Crippen molar-refractivity contribution in [1.29, 1.82) is 0 Å². The molecule has 0 aliphatic heterocycles. The molecule has 0 aromatic rings. The van der Waals surface area contributed by atoms with Crippen molar-refractivity contribution in [1.82, 2.24) is 0 Å². The normalized spacial score (nSPS) is 30.9. The first-order chi connectivity index (χ1) is 7.04. The lowest BCUT2D eigenvalue weighted by Crippen LogP contribution is -2.30. The van der Waals surface area contributed by atoms with Gasteiger partial charge in [-0.2, -0.15) is 0 Å². The lowest BCUT2D eigenvalue weighted by Gasteiger charge is -2.32. The van der Waals surface area contributed by atoms with Crippen LogP contribution in [0.25, 0.3) is 0 Å². The van der Waals surface area contributed by atoms with Crippen molar-refractivity contribution in [3.63, 3.8) is 0 Å². The number of aliphatic hydroxyl groups excluding tert-OH is 1. The van der Waals surface area contributed by atoms with Gasteiger partial charge in [0.25, 0.3) is 0 Å². The van der Waals surface area contributed by atoms with Gasteiger partial charge in [0.1, 0.15) is 0 Å². The topological polar surface area (TPSA) is 20.2 Å². The van der Waals surface area contributed by atoms with Crippen molar-refractivity contribution in [3.05, 3.63) is 11.6 Å². The van der Waals surface area contributed by atoms with E-state index in [-0.39, 0.29) is 6.10 Å². The largest absolute Gasteiger partial charge is 0.393 e. The zero-order chi connectivity index (χ0) is 11.4. The predicted molar refractivity (Wildman–Crippen MR) is 65.7 cm³/mol. The molecule has 0 heterocycles. The Morgan fingerprint density at radius 1 is 1.53 bits per heavy atom. The highest BCUT2D eigenvalue weighted by molar-refractivity contribution is 5.07. The van der Waals surface area contributed by atoms with Crippen molar-refractivity contribution in [3.8, 4) is 0 Å². The van der Waals surface area contributed by atoms with Crippen molar-refractivity contribution < 1.29 is 5.11 Å². The Hall–Kier alpha value is -0.300. The smallest absolute Gasteiger partial charge is 0.0597 e. The molecule has 0 bridgehead atoms. The van der Waals surface area contributed by atoms with E-state index in [1.165, 1.54) is 12.0 Å². The minimum atomic E-state index is -0.101. The second kappa shape index (κ2) is 5.69. The second-order valence-electron chi connectivity index (χ2n) is 5.45. The Kier molecular flexibility index (Phi) is 4.85. The lowest BCUT2D eigenvalue weighted by atomic mass is 9.76. The van der Waals surface area contributed by atoms with Gasteiger partial charge in [-0.3, -0.25) is 0 Å². The summed E-state index contributed by atoms with van der Waals surface area (Å²) in [6.07, 6.45) is 6.83. The Morgan fingerprint density at radius 3 is 2.73 bits per heavy atom. The predicted octanol–water partition coefficient (Wildman–Crippen LogP) is 3.78. The van der Waals surface area contributed by atoms with Gasteiger partial charge in [-0.1, -0.05) is 38.8 Å². The summed E-state index contributed by atoms with van der Waals surface area (Å²) >= 11 is 0. The quantitative estimate of drug-likeness (QED) is 0.700. The van der Waals surface area contributed by atoms with E-state index < -0.39 is 0 Å². The first kappa shape index (κ1) is 12.8. The SMILES string of the molecule is CCCC(C)C(O)C1CC(C)=CC(C)C1. The molecule has 1 heteroatoms. The summed E-state index contributed by atoms with van der Waals surface area (Å²) in [5, 5.41) is 10.3. The fourth-order valence-corrected chi connectivity index (χ4v) is 2.95. The Bertz CT molecular complexity index is 219. The van der Waals surface area contributed by atoms with Gasteiger partial charge in [0, 0.05) is 0 Å². The molecule has 15 heavy (non-hydrogen) atoms. The van der Waals surface area contributed by atoms with Crippen LogP contribution in [0.3, 0.4) is 0 Å². The summed E-state index contributed by atoms with van der Waals surface area (Å²) in [5.74, 6) is 1.59. The van der Waals surface area contributed by atoms with Crippen LogP contribution in [0.1, 0.15) is 53.4 Å². The van der Waals surface area contributed by atoms with Gasteiger partial charge < -0.3 is 5.11 Å². The Balaban J connectivity index is 2.53. The first-order valence-electron chi connectivity index (χ1n) is 6.40. The van der Waals surface area contributed by atoms with Gasteiger partial charge >= 0.3 is 0 Å². The van der Waals surface area contributed by atoms with Crippen LogP contribution in [0.15, 0.2) is 11.6 Å². The van der Waals surface area contributed by atoms with Gasteiger partial charge in [0.15, 0.2) is 0 Å². The molecule has 0 aromatic carbocycles. The number of hydrogen-bond acceptors (Lipinski definition) is 1. The molecule has 0 amide bonds. The number of allylic oxidation sites excluding steroid dienone is 2. The first-order valence-corrected chi connectivity index (χ1v) is 6.40. The van der Waals surface area contributed by atoms with Crippen LogP contribution in [-0.4, -0.2) is 11.2 Å². The molecule has 0 saturated carbocycles. The van der Waals surface area contributed by atoms with Crippen LogP contribution < -0.4 is 0 Å². The Morgan fingerprint density at radius 2 is 2.20 bits per heavy atom. The van der Waals surface area contributed by atoms with E-state index >= 15 is 0 Å². The molecule has 0 aromatic heterocycles. The maximum absolute atomic E-state index is 10.3. The number of rotatable bonds is 4. The third-order valence-corrected chi connectivity index (χ3v) is 3.64. The summed E-state index contributed by atoms with van der Waals surface area (Å²) in [7, 11) is 0. The van der Waals surface area contributed by atoms with E-state index in [0.29, 0.717) is 17.8 Å². The Labute approximate surface area is 94.6 Å². The highest BCUT2D eigenvalue weighted by Gasteiger charge is 2.27. The molecule has 0 radical (unpaired) electrons. The lowest BCUT2D eigenvalue weighted by molar-refractivity contribution is 0.0426. The highest BCUT2D eigenvalue weighted by Crippen LogP contribution is 2.33. The molecule has 0 fully saturated rings. The average Bonchev–Trinajstić information content (AvgIpc) is 2.15. The van der Waals surface area contributed by atoms with Crippen molar-refractivity contribution in [2.75, 3.05) is 0 Å². The van der Waals surface area contributed by atoms with E-state index in [1.54, 1.807) is 0 Å². The van der Waals surface area contributed by atoms with Gasteiger partial charge in [0.05, 0.1) is 6.10 Å². The van der Waals surface area contributed by atoms with Crippen molar-refractivity contribution in [2.45, 2.75) is 59.5 Å². The summed E-state index contributed by atoms with van der Waals surface area (Å²) < 4.78 is 0. The monoisotopic (exact) mass is 210 g/mol. The van der Waals surface area contributed by atoms with Crippen LogP contribution in [0.5, 0.6) is 0 Å². The van der Waals surface area contributed by atoms with Crippen molar-refractivity contribution in [2.24, 2.45) is 17.8 Å². The molecule has 1 aliphatic rings. The molecule has 1 aliphatic carbocycles. The van der Waals surface area contributed by atoms with E-state index in [0.717, 1.165) is 19.3 Å². The maximum Gasteiger partial charge on any atom is 0.0597 e. The summed E-state index contributed by atoms with van der Waals surface area (Å²) in [6.45, 7) is 8.83. The molecular formula is C14H26O. The fourth-order valence-electron chi connectivity index (χ4n) is 2.95. The average molecular weight is 210 g/mol. The van der Waals surface area contributed by atoms with E-state index in [2.05, 4.69) is 33.8 Å². The summed E-state index contributed by atoms with van der Waals surface area (Å²) in [5.41, 5.74) is 1.46. The number of aliphatic hydroxyl groups is 1. The molecule has 1 rings (SSSR count).